The van der Waals surface area contributed by atoms with E-state index in [1.165, 1.54) is 11.1 Å². The number of pyridine rings is 1. The zero-order valence-corrected chi connectivity index (χ0v) is 22.1. The van der Waals surface area contributed by atoms with E-state index in [-0.39, 0.29) is 17.7 Å². The Bertz CT molecular complexity index is 1500. The van der Waals surface area contributed by atoms with Gasteiger partial charge in [0.2, 0.25) is 11.9 Å². The standard InChI is InChI=1S/C32H33N5O2/c38-30(26-17-18-26)34-32-33-29-12-4-11-28(37(29)35-32)25-15-19-27(20-16-25)31(39)36-21-5-9-24(10-6-22-36)14-13-23-7-2-1-3-8-23/h1-4,7-9,11-12,15-16,19-20,26H,5-6,10,13-14,17-18,21-22H2,(H,34,35,38)/b24-9+. The Labute approximate surface area is 228 Å². The Morgan fingerprint density at radius 3 is 2.51 bits per heavy atom. The van der Waals surface area contributed by atoms with Gasteiger partial charge in [-0.3, -0.25) is 14.9 Å². The largest absolute Gasteiger partial charge is 0.338 e. The maximum Gasteiger partial charge on any atom is 0.253 e. The fourth-order valence-corrected chi connectivity index (χ4v) is 5.22. The van der Waals surface area contributed by atoms with Gasteiger partial charge in [-0.15, -0.1) is 5.10 Å². The van der Waals surface area contributed by atoms with E-state index in [9.17, 15) is 9.59 Å². The number of nitrogens with zero attached hydrogens (tertiary/aromatic N) is 4. The second-order valence-corrected chi connectivity index (χ2v) is 10.5. The van der Waals surface area contributed by atoms with Crippen LogP contribution in [0.4, 0.5) is 5.95 Å². The molecule has 2 amide bonds. The SMILES string of the molecule is O=C(Nc1nc2cccc(-c3ccc(C(=O)N4CC/C=C(/CCc5ccccc5)CCC4)cc3)n2n1)C1CC1. The Morgan fingerprint density at radius 2 is 1.72 bits per heavy atom. The summed E-state index contributed by atoms with van der Waals surface area (Å²) >= 11 is 0. The highest BCUT2D eigenvalue weighted by molar-refractivity contribution is 5.95. The molecule has 3 heterocycles. The van der Waals surface area contributed by atoms with Gasteiger partial charge >= 0.3 is 0 Å². The summed E-state index contributed by atoms with van der Waals surface area (Å²) in [6.07, 6.45) is 9.28. The third-order valence-corrected chi connectivity index (χ3v) is 7.59. The van der Waals surface area contributed by atoms with Gasteiger partial charge in [-0.1, -0.05) is 60.2 Å². The lowest BCUT2D eigenvalue weighted by Crippen LogP contribution is -2.33. The van der Waals surface area contributed by atoms with Crippen molar-refractivity contribution in [3.8, 4) is 11.3 Å². The maximum absolute atomic E-state index is 13.3. The molecule has 2 aromatic carbocycles. The minimum atomic E-state index is -0.0153. The van der Waals surface area contributed by atoms with E-state index in [0.717, 1.165) is 69.3 Å². The van der Waals surface area contributed by atoms with Gasteiger partial charge in [0.15, 0.2) is 5.65 Å². The van der Waals surface area contributed by atoms with E-state index < -0.39 is 0 Å². The van der Waals surface area contributed by atoms with Crippen LogP contribution in [-0.2, 0) is 11.2 Å². The Morgan fingerprint density at radius 1 is 0.897 bits per heavy atom. The molecule has 1 aliphatic heterocycles. The smallest absolute Gasteiger partial charge is 0.253 e. The molecule has 1 N–H and O–H groups in total. The molecule has 4 aromatic rings. The van der Waals surface area contributed by atoms with Crippen molar-refractivity contribution >= 4 is 23.4 Å². The van der Waals surface area contributed by atoms with Gasteiger partial charge < -0.3 is 4.90 Å². The summed E-state index contributed by atoms with van der Waals surface area (Å²) < 4.78 is 1.74. The molecule has 0 radical (unpaired) electrons. The number of nitrogens with one attached hydrogen (secondary N) is 1. The maximum atomic E-state index is 13.3. The summed E-state index contributed by atoms with van der Waals surface area (Å²) in [4.78, 5) is 31.9. The molecule has 39 heavy (non-hydrogen) atoms. The molecule has 198 valence electrons. The Hall–Kier alpha value is -4.26. The number of hydrogen-bond donors (Lipinski definition) is 1. The van der Waals surface area contributed by atoms with Crippen molar-refractivity contribution in [2.24, 2.45) is 5.92 Å². The van der Waals surface area contributed by atoms with Crippen molar-refractivity contribution in [2.45, 2.75) is 44.9 Å². The lowest BCUT2D eigenvalue weighted by atomic mass is 9.98. The van der Waals surface area contributed by atoms with Gasteiger partial charge in [0.1, 0.15) is 0 Å². The highest BCUT2D eigenvalue weighted by Gasteiger charge is 2.30. The molecule has 2 aliphatic rings. The van der Waals surface area contributed by atoms with Crippen LogP contribution < -0.4 is 5.32 Å². The van der Waals surface area contributed by atoms with Crippen molar-refractivity contribution in [3.63, 3.8) is 0 Å². The van der Waals surface area contributed by atoms with Crippen molar-refractivity contribution < 1.29 is 9.59 Å². The number of hydrogen-bond acceptors (Lipinski definition) is 4. The number of carbonyl (C=O) groups is 2. The molecule has 7 nitrogen and oxygen atoms in total. The number of carbonyl (C=O) groups excluding carboxylic acids is 2. The van der Waals surface area contributed by atoms with Gasteiger partial charge in [-0.2, -0.15) is 4.98 Å². The Kier molecular flexibility index (Phi) is 7.21. The van der Waals surface area contributed by atoms with E-state index in [1.54, 1.807) is 4.52 Å². The fourth-order valence-electron chi connectivity index (χ4n) is 5.22. The second-order valence-electron chi connectivity index (χ2n) is 10.5. The molecule has 0 saturated heterocycles. The second kappa shape index (κ2) is 11.2. The molecule has 0 atom stereocenters. The number of fused-ring (bicyclic) bond motifs is 1. The number of aryl methyl sites for hydroxylation is 1. The van der Waals surface area contributed by atoms with Crippen LogP contribution in [0.25, 0.3) is 16.9 Å². The number of allylic oxidation sites excluding steroid dienone is 1. The predicted molar refractivity (Wildman–Crippen MR) is 152 cm³/mol. The molecular formula is C32H33N5O2. The van der Waals surface area contributed by atoms with Crippen LogP contribution in [0, 0.1) is 5.92 Å². The first-order valence-electron chi connectivity index (χ1n) is 13.9. The van der Waals surface area contributed by atoms with Crippen LogP contribution in [0.1, 0.15) is 54.4 Å². The number of benzene rings is 2. The van der Waals surface area contributed by atoms with Crippen molar-refractivity contribution in [1.82, 2.24) is 19.5 Å². The molecule has 1 fully saturated rings. The quantitative estimate of drug-likeness (QED) is 0.307. The summed E-state index contributed by atoms with van der Waals surface area (Å²) in [6, 6.07) is 24.1. The van der Waals surface area contributed by atoms with E-state index in [0.29, 0.717) is 17.2 Å². The summed E-state index contributed by atoms with van der Waals surface area (Å²) in [6.45, 7) is 1.51. The van der Waals surface area contributed by atoms with Crippen molar-refractivity contribution in [3.05, 3.63) is 95.6 Å². The van der Waals surface area contributed by atoms with E-state index >= 15 is 0 Å². The normalized spacial score (nSPS) is 17.2. The minimum absolute atomic E-state index is 0.0153. The zero-order chi connectivity index (χ0) is 26.6. The van der Waals surface area contributed by atoms with Gasteiger partial charge in [0.05, 0.1) is 5.69 Å². The predicted octanol–water partition coefficient (Wildman–Crippen LogP) is 5.93. The monoisotopic (exact) mass is 519 g/mol. The number of amides is 2. The van der Waals surface area contributed by atoms with Gasteiger partial charge in [-0.25, -0.2) is 4.52 Å². The van der Waals surface area contributed by atoms with Crippen molar-refractivity contribution in [1.29, 1.82) is 0 Å². The topological polar surface area (TPSA) is 79.6 Å². The average Bonchev–Trinajstić information content (AvgIpc) is 3.72. The third kappa shape index (κ3) is 5.93. The van der Waals surface area contributed by atoms with Crippen LogP contribution in [-0.4, -0.2) is 44.4 Å². The van der Waals surface area contributed by atoms with Gasteiger partial charge in [0, 0.05) is 30.1 Å². The van der Waals surface area contributed by atoms with Crippen LogP contribution in [0.15, 0.2) is 84.4 Å². The molecule has 7 heteroatoms. The molecule has 0 bridgehead atoms. The van der Waals surface area contributed by atoms with Gasteiger partial charge in [0.25, 0.3) is 5.91 Å². The third-order valence-electron chi connectivity index (χ3n) is 7.59. The first-order chi connectivity index (χ1) is 19.1. The highest BCUT2D eigenvalue weighted by atomic mass is 16.2. The minimum Gasteiger partial charge on any atom is -0.338 e. The first-order valence-corrected chi connectivity index (χ1v) is 13.9. The van der Waals surface area contributed by atoms with Crippen LogP contribution in [0.5, 0.6) is 0 Å². The number of rotatable bonds is 7. The van der Waals surface area contributed by atoms with Crippen molar-refractivity contribution in [2.75, 3.05) is 18.4 Å². The highest BCUT2D eigenvalue weighted by Crippen LogP contribution is 2.30. The zero-order valence-electron chi connectivity index (χ0n) is 22.1. The van der Waals surface area contributed by atoms with Crippen LogP contribution in [0.3, 0.4) is 0 Å². The molecular weight excluding hydrogens is 486 g/mol. The average molecular weight is 520 g/mol. The molecule has 1 saturated carbocycles. The van der Waals surface area contributed by atoms with E-state index in [2.05, 4.69) is 51.8 Å². The van der Waals surface area contributed by atoms with E-state index in [4.69, 9.17) is 0 Å². The molecule has 0 unspecified atom stereocenters. The lowest BCUT2D eigenvalue weighted by Gasteiger charge is -2.25. The van der Waals surface area contributed by atoms with Crippen LogP contribution in [0.2, 0.25) is 0 Å². The fraction of sp³-hybridized carbons (Fsp3) is 0.312. The van der Waals surface area contributed by atoms with E-state index in [1.807, 2.05) is 47.4 Å². The lowest BCUT2D eigenvalue weighted by molar-refractivity contribution is -0.117. The first kappa shape index (κ1) is 25.0. The summed E-state index contributed by atoms with van der Waals surface area (Å²) in [7, 11) is 0. The van der Waals surface area contributed by atoms with Crippen LogP contribution >= 0.6 is 0 Å². The molecule has 0 spiro atoms. The molecule has 6 rings (SSSR count). The summed E-state index contributed by atoms with van der Waals surface area (Å²) in [5.41, 5.74) is 6.02. The number of anilines is 1. The Balaban J connectivity index is 1.10. The van der Waals surface area contributed by atoms with Gasteiger partial charge in [-0.05, 0) is 74.8 Å². The number of aromatic nitrogens is 3. The summed E-state index contributed by atoms with van der Waals surface area (Å²) in [5.74, 6) is 0.470. The summed E-state index contributed by atoms with van der Waals surface area (Å²) in [5, 5.41) is 7.34. The molecule has 2 aromatic heterocycles. The molecule has 1 aliphatic carbocycles.